The maximum atomic E-state index is 12.1. The molecule has 0 fully saturated rings. The zero-order valence-electron chi connectivity index (χ0n) is 13.6. The van der Waals surface area contributed by atoms with Gasteiger partial charge in [0.25, 0.3) is 0 Å². The summed E-state index contributed by atoms with van der Waals surface area (Å²) in [6, 6.07) is 12.6. The Kier molecular flexibility index (Phi) is 3.91. The van der Waals surface area contributed by atoms with Crippen LogP contribution >= 0.6 is 0 Å². The number of hydrogen-bond acceptors (Lipinski definition) is 5. The second kappa shape index (κ2) is 6.52. The molecular formula is C18H15N7O. The molecule has 8 heteroatoms. The maximum absolute atomic E-state index is 12.1. The third-order valence-electron chi connectivity index (χ3n) is 3.85. The first-order valence-corrected chi connectivity index (χ1v) is 7.87. The summed E-state index contributed by atoms with van der Waals surface area (Å²) in [4.78, 5) is 20.2. The normalized spacial score (nSPS) is 10.6. The summed E-state index contributed by atoms with van der Waals surface area (Å²) in [5, 5.41) is 13.1. The predicted molar refractivity (Wildman–Crippen MR) is 101 cm³/mol. The molecule has 4 rings (SSSR count). The van der Waals surface area contributed by atoms with Crippen LogP contribution in [0.15, 0.2) is 61.1 Å². The van der Waals surface area contributed by atoms with Crippen LogP contribution in [0.4, 0.5) is 22.1 Å². The average Bonchev–Trinajstić information content (AvgIpc) is 3.03. The van der Waals surface area contributed by atoms with Gasteiger partial charge in [-0.15, -0.1) is 0 Å². The van der Waals surface area contributed by atoms with Crippen molar-refractivity contribution in [2.24, 2.45) is 0 Å². The van der Waals surface area contributed by atoms with Crippen molar-refractivity contribution < 1.29 is 4.79 Å². The monoisotopic (exact) mass is 345 g/mol. The van der Waals surface area contributed by atoms with Gasteiger partial charge in [-0.2, -0.15) is 5.10 Å². The number of carbonyl (C=O) groups is 1. The van der Waals surface area contributed by atoms with Gasteiger partial charge in [-0.25, -0.2) is 9.78 Å². The summed E-state index contributed by atoms with van der Waals surface area (Å²) in [6.07, 6.45) is 4.84. The van der Waals surface area contributed by atoms with Crippen molar-refractivity contribution in [3.05, 3.63) is 61.1 Å². The van der Waals surface area contributed by atoms with Gasteiger partial charge in [0.1, 0.15) is 5.82 Å². The SMILES string of the molecule is Nc1n[nH]c2ccc(-c3ccnc(NC(=O)Nc4cccnc4)c3)cc12. The van der Waals surface area contributed by atoms with E-state index in [9.17, 15) is 4.79 Å². The Balaban J connectivity index is 1.55. The Labute approximate surface area is 148 Å². The minimum absolute atomic E-state index is 0.391. The van der Waals surface area contributed by atoms with E-state index in [1.165, 1.54) is 0 Å². The number of hydrogen-bond donors (Lipinski definition) is 4. The van der Waals surface area contributed by atoms with Crippen LogP contribution < -0.4 is 16.4 Å². The number of aromatic amines is 1. The van der Waals surface area contributed by atoms with Crippen LogP contribution in [0.25, 0.3) is 22.0 Å². The zero-order valence-corrected chi connectivity index (χ0v) is 13.6. The molecule has 3 heterocycles. The van der Waals surface area contributed by atoms with Gasteiger partial charge in [0.2, 0.25) is 0 Å². The molecule has 0 unspecified atom stereocenters. The fourth-order valence-corrected chi connectivity index (χ4v) is 2.61. The standard InChI is InChI=1S/C18H15N7O/c19-17-14-8-11(3-4-15(14)24-25-17)12-5-7-21-16(9-12)23-18(26)22-13-2-1-6-20-10-13/h1-10H,(H3,19,24,25)(H2,21,22,23,26). The highest BCUT2D eigenvalue weighted by atomic mass is 16.2. The van der Waals surface area contributed by atoms with Gasteiger partial charge in [-0.3, -0.25) is 15.4 Å². The lowest BCUT2D eigenvalue weighted by atomic mass is 10.0. The molecule has 0 bridgehead atoms. The van der Waals surface area contributed by atoms with Gasteiger partial charge in [0, 0.05) is 17.8 Å². The zero-order chi connectivity index (χ0) is 17.9. The molecular weight excluding hydrogens is 330 g/mol. The number of nitrogens with one attached hydrogen (secondary N) is 3. The lowest BCUT2D eigenvalue weighted by Crippen LogP contribution is -2.20. The van der Waals surface area contributed by atoms with Gasteiger partial charge >= 0.3 is 6.03 Å². The van der Waals surface area contributed by atoms with Crippen molar-refractivity contribution in [3.8, 4) is 11.1 Å². The van der Waals surface area contributed by atoms with E-state index in [1.54, 1.807) is 36.8 Å². The number of nitrogens with zero attached hydrogens (tertiary/aromatic N) is 3. The highest BCUT2D eigenvalue weighted by molar-refractivity contribution is 5.99. The maximum Gasteiger partial charge on any atom is 0.324 e. The number of rotatable bonds is 3. The molecule has 0 saturated heterocycles. The number of H-pyrrole nitrogens is 1. The van der Waals surface area contributed by atoms with E-state index in [0.717, 1.165) is 22.0 Å². The molecule has 0 aliphatic heterocycles. The highest BCUT2D eigenvalue weighted by Gasteiger charge is 2.08. The molecule has 0 aliphatic rings. The van der Waals surface area contributed by atoms with Crippen LogP contribution in [0.3, 0.4) is 0 Å². The topological polar surface area (TPSA) is 122 Å². The van der Waals surface area contributed by atoms with E-state index in [4.69, 9.17) is 5.73 Å². The first-order valence-electron chi connectivity index (χ1n) is 7.87. The van der Waals surface area contributed by atoms with E-state index in [-0.39, 0.29) is 0 Å². The summed E-state index contributed by atoms with van der Waals surface area (Å²) in [5.41, 5.74) is 9.19. The third-order valence-corrected chi connectivity index (χ3v) is 3.85. The van der Waals surface area contributed by atoms with Gasteiger partial charge in [0.15, 0.2) is 5.82 Å². The number of nitrogens with two attached hydrogens (primary N) is 1. The second-order valence-corrected chi connectivity index (χ2v) is 5.62. The Hall–Kier alpha value is -3.94. The largest absolute Gasteiger partial charge is 0.382 e. The molecule has 8 nitrogen and oxygen atoms in total. The molecule has 128 valence electrons. The van der Waals surface area contributed by atoms with Gasteiger partial charge < -0.3 is 11.1 Å². The Morgan fingerprint density at radius 3 is 2.77 bits per heavy atom. The average molecular weight is 345 g/mol. The molecule has 0 spiro atoms. The van der Waals surface area contributed by atoms with Crippen molar-refractivity contribution in [3.63, 3.8) is 0 Å². The van der Waals surface area contributed by atoms with Crippen LogP contribution in [0.2, 0.25) is 0 Å². The molecule has 0 atom stereocenters. The van der Waals surface area contributed by atoms with Gasteiger partial charge in [-0.1, -0.05) is 6.07 Å². The van der Waals surface area contributed by atoms with Gasteiger partial charge in [-0.05, 0) is 47.5 Å². The van der Waals surface area contributed by atoms with E-state index >= 15 is 0 Å². The molecule has 26 heavy (non-hydrogen) atoms. The number of urea groups is 1. The Bertz CT molecular complexity index is 1080. The van der Waals surface area contributed by atoms with Crippen molar-refractivity contribution in [1.29, 1.82) is 0 Å². The molecule has 4 aromatic rings. The summed E-state index contributed by atoms with van der Waals surface area (Å²) < 4.78 is 0. The molecule has 0 saturated carbocycles. The summed E-state index contributed by atoms with van der Waals surface area (Å²) in [7, 11) is 0. The summed E-state index contributed by atoms with van der Waals surface area (Å²) in [6.45, 7) is 0. The van der Waals surface area contributed by atoms with Crippen molar-refractivity contribution >= 4 is 34.3 Å². The molecule has 5 N–H and O–H groups in total. The number of nitrogen functional groups attached to an aromatic ring is 1. The first kappa shape index (κ1) is 15.6. The lowest BCUT2D eigenvalue weighted by Gasteiger charge is -2.08. The van der Waals surface area contributed by atoms with E-state index < -0.39 is 6.03 Å². The van der Waals surface area contributed by atoms with Crippen LogP contribution in [0.5, 0.6) is 0 Å². The second-order valence-electron chi connectivity index (χ2n) is 5.62. The van der Waals surface area contributed by atoms with Crippen LogP contribution in [-0.4, -0.2) is 26.2 Å². The fraction of sp³-hybridized carbons (Fsp3) is 0. The minimum Gasteiger partial charge on any atom is -0.382 e. The summed E-state index contributed by atoms with van der Waals surface area (Å²) >= 11 is 0. The van der Waals surface area contributed by atoms with Crippen molar-refractivity contribution in [2.75, 3.05) is 16.4 Å². The number of benzene rings is 1. The molecule has 2 amide bonds. The number of anilines is 3. The van der Waals surface area contributed by atoms with Crippen LogP contribution in [0, 0.1) is 0 Å². The van der Waals surface area contributed by atoms with Crippen molar-refractivity contribution in [2.45, 2.75) is 0 Å². The molecule has 0 aliphatic carbocycles. The number of fused-ring (bicyclic) bond motifs is 1. The number of amides is 2. The fourth-order valence-electron chi connectivity index (χ4n) is 2.61. The van der Waals surface area contributed by atoms with E-state index in [1.807, 2.05) is 24.3 Å². The van der Waals surface area contributed by atoms with E-state index in [2.05, 4.69) is 30.8 Å². The number of pyridine rings is 2. The molecule has 3 aromatic heterocycles. The molecule has 1 aromatic carbocycles. The van der Waals surface area contributed by atoms with Crippen LogP contribution in [0.1, 0.15) is 0 Å². The van der Waals surface area contributed by atoms with E-state index in [0.29, 0.717) is 17.3 Å². The quantitative estimate of drug-likeness (QED) is 0.454. The lowest BCUT2D eigenvalue weighted by molar-refractivity contribution is 0.262. The first-order chi connectivity index (χ1) is 12.7. The predicted octanol–water partition coefficient (Wildman–Crippen LogP) is 3.25. The van der Waals surface area contributed by atoms with Gasteiger partial charge in [0.05, 0.1) is 17.4 Å². The number of carbonyl (C=O) groups excluding carboxylic acids is 1. The third kappa shape index (κ3) is 3.16. The highest BCUT2D eigenvalue weighted by Crippen LogP contribution is 2.27. The van der Waals surface area contributed by atoms with Crippen molar-refractivity contribution in [1.82, 2.24) is 20.2 Å². The number of aromatic nitrogens is 4. The Morgan fingerprint density at radius 2 is 1.92 bits per heavy atom. The Morgan fingerprint density at radius 1 is 1.04 bits per heavy atom. The summed E-state index contributed by atoms with van der Waals surface area (Å²) in [5.74, 6) is 0.884. The smallest absolute Gasteiger partial charge is 0.324 e. The van der Waals surface area contributed by atoms with Crippen LogP contribution in [-0.2, 0) is 0 Å². The minimum atomic E-state index is -0.391. The molecule has 0 radical (unpaired) electrons.